The summed E-state index contributed by atoms with van der Waals surface area (Å²) in [6.07, 6.45) is 5.42. The first-order valence-corrected chi connectivity index (χ1v) is 11.3. The standard InChI is InChI=1S/C26H33N3O2/c1-20-4-3-5-24(18-20)29-15-13-28(14-16-29)12-10-21(2)27-26(30)9-7-22-6-8-25-23(19-22)11-17-31-25/h3-9,18-19,21H,10-17H2,1-2H3,(H,27,30)/b9-7+. The number of hydrogen-bond acceptors (Lipinski definition) is 4. The number of nitrogens with zero attached hydrogens (tertiary/aromatic N) is 2. The van der Waals surface area contributed by atoms with Crippen molar-refractivity contribution in [3.63, 3.8) is 0 Å². The lowest BCUT2D eigenvalue weighted by Gasteiger charge is -2.36. The van der Waals surface area contributed by atoms with Crippen LogP contribution in [0.3, 0.4) is 0 Å². The summed E-state index contributed by atoms with van der Waals surface area (Å²) in [4.78, 5) is 17.3. The SMILES string of the molecule is Cc1cccc(N2CCN(CCC(C)NC(=O)/C=C/c3ccc4c(c3)CCO4)CC2)c1. The van der Waals surface area contributed by atoms with Gasteiger partial charge in [-0.1, -0.05) is 18.2 Å². The zero-order valence-corrected chi connectivity index (χ0v) is 18.6. The van der Waals surface area contributed by atoms with E-state index in [1.54, 1.807) is 6.08 Å². The van der Waals surface area contributed by atoms with Gasteiger partial charge in [-0.25, -0.2) is 0 Å². The average molecular weight is 420 g/mol. The summed E-state index contributed by atoms with van der Waals surface area (Å²) >= 11 is 0. The van der Waals surface area contributed by atoms with Crippen LogP contribution < -0.4 is 15.0 Å². The second kappa shape index (κ2) is 10.0. The van der Waals surface area contributed by atoms with E-state index in [1.165, 1.54) is 16.8 Å². The Kier molecular flexibility index (Phi) is 6.92. The predicted octanol–water partition coefficient (Wildman–Crippen LogP) is 3.66. The summed E-state index contributed by atoms with van der Waals surface area (Å²) in [6.45, 7) is 10.2. The van der Waals surface area contributed by atoms with Crippen molar-refractivity contribution in [2.75, 3.05) is 44.2 Å². The Hall–Kier alpha value is -2.79. The molecule has 0 spiro atoms. The average Bonchev–Trinajstić information content (AvgIpc) is 3.24. The van der Waals surface area contributed by atoms with Gasteiger partial charge in [-0.05, 0) is 67.3 Å². The third-order valence-electron chi connectivity index (χ3n) is 6.15. The summed E-state index contributed by atoms with van der Waals surface area (Å²) in [5, 5.41) is 3.10. The summed E-state index contributed by atoms with van der Waals surface area (Å²) in [5.41, 5.74) is 4.89. The topological polar surface area (TPSA) is 44.8 Å². The van der Waals surface area contributed by atoms with E-state index in [9.17, 15) is 4.79 Å². The van der Waals surface area contributed by atoms with Gasteiger partial charge in [0.25, 0.3) is 0 Å². The second-order valence-electron chi connectivity index (χ2n) is 8.66. The molecule has 0 bridgehead atoms. The molecule has 0 aliphatic carbocycles. The molecular formula is C26H33N3O2. The van der Waals surface area contributed by atoms with Gasteiger partial charge >= 0.3 is 0 Å². The Bertz CT molecular complexity index is 932. The third kappa shape index (κ3) is 5.88. The largest absolute Gasteiger partial charge is 0.493 e. The molecule has 1 unspecified atom stereocenters. The molecule has 1 atom stereocenters. The number of aryl methyl sites for hydroxylation is 1. The molecule has 0 radical (unpaired) electrons. The van der Waals surface area contributed by atoms with Crippen molar-refractivity contribution in [2.45, 2.75) is 32.7 Å². The van der Waals surface area contributed by atoms with Gasteiger partial charge in [0.2, 0.25) is 5.91 Å². The monoisotopic (exact) mass is 419 g/mol. The van der Waals surface area contributed by atoms with Gasteiger partial charge in [-0.2, -0.15) is 0 Å². The van der Waals surface area contributed by atoms with Gasteiger partial charge in [0.1, 0.15) is 5.75 Å². The number of anilines is 1. The van der Waals surface area contributed by atoms with Crippen LogP contribution in [0.1, 0.15) is 30.0 Å². The molecule has 1 saturated heterocycles. The Balaban J connectivity index is 1.17. The van der Waals surface area contributed by atoms with Crippen molar-refractivity contribution < 1.29 is 9.53 Å². The van der Waals surface area contributed by atoms with E-state index in [0.29, 0.717) is 0 Å². The van der Waals surface area contributed by atoms with E-state index in [4.69, 9.17) is 4.74 Å². The van der Waals surface area contributed by atoms with Gasteiger partial charge < -0.3 is 15.0 Å². The number of benzene rings is 2. The number of piperazine rings is 1. The highest BCUT2D eigenvalue weighted by Crippen LogP contribution is 2.26. The van der Waals surface area contributed by atoms with Crippen LogP contribution >= 0.6 is 0 Å². The number of hydrogen-bond donors (Lipinski definition) is 1. The smallest absolute Gasteiger partial charge is 0.244 e. The molecule has 5 nitrogen and oxygen atoms in total. The molecule has 4 rings (SSSR count). The molecule has 2 aromatic carbocycles. The van der Waals surface area contributed by atoms with Crippen molar-refractivity contribution in [1.29, 1.82) is 0 Å². The quantitative estimate of drug-likeness (QED) is 0.696. The van der Waals surface area contributed by atoms with E-state index in [2.05, 4.69) is 59.3 Å². The normalized spacial score (nSPS) is 17.4. The van der Waals surface area contributed by atoms with E-state index in [0.717, 1.165) is 63.5 Å². The maximum absolute atomic E-state index is 12.3. The Morgan fingerprint density at radius 1 is 1.16 bits per heavy atom. The Labute approximate surface area is 185 Å². The number of ether oxygens (including phenoxy) is 1. The first-order chi connectivity index (χ1) is 15.1. The maximum Gasteiger partial charge on any atom is 0.244 e. The molecule has 1 N–H and O–H groups in total. The van der Waals surface area contributed by atoms with Crippen molar-refractivity contribution in [3.8, 4) is 5.75 Å². The third-order valence-corrected chi connectivity index (χ3v) is 6.15. The number of fused-ring (bicyclic) bond motifs is 1. The lowest BCUT2D eigenvalue weighted by molar-refractivity contribution is -0.117. The molecule has 2 heterocycles. The maximum atomic E-state index is 12.3. The highest BCUT2D eigenvalue weighted by molar-refractivity contribution is 5.91. The molecule has 1 fully saturated rings. The number of carbonyl (C=O) groups excluding carboxylic acids is 1. The van der Waals surface area contributed by atoms with Crippen molar-refractivity contribution >= 4 is 17.7 Å². The van der Waals surface area contributed by atoms with Crippen molar-refractivity contribution in [1.82, 2.24) is 10.2 Å². The highest BCUT2D eigenvalue weighted by atomic mass is 16.5. The van der Waals surface area contributed by atoms with Gasteiger partial charge in [0.05, 0.1) is 6.61 Å². The molecular weight excluding hydrogens is 386 g/mol. The van der Waals surface area contributed by atoms with Gasteiger partial charge in [-0.15, -0.1) is 0 Å². The van der Waals surface area contributed by atoms with Crippen molar-refractivity contribution in [2.24, 2.45) is 0 Å². The molecule has 31 heavy (non-hydrogen) atoms. The molecule has 2 aliphatic heterocycles. The number of amides is 1. The molecule has 1 amide bonds. The second-order valence-corrected chi connectivity index (χ2v) is 8.66. The van der Waals surface area contributed by atoms with Crippen LogP contribution in [-0.2, 0) is 11.2 Å². The zero-order valence-electron chi connectivity index (χ0n) is 18.6. The van der Waals surface area contributed by atoms with Crippen LogP contribution in [0.15, 0.2) is 48.5 Å². The summed E-state index contributed by atoms with van der Waals surface area (Å²) in [5.74, 6) is 0.934. The fourth-order valence-corrected chi connectivity index (χ4v) is 4.28. The molecule has 0 saturated carbocycles. The van der Waals surface area contributed by atoms with Crippen LogP contribution in [-0.4, -0.2) is 56.2 Å². The lowest BCUT2D eigenvalue weighted by Crippen LogP contribution is -2.47. The zero-order chi connectivity index (χ0) is 21.6. The lowest BCUT2D eigenvalue weighted by atomic mass is 10.1. The van der Waals surface area contributed by atoms with Crippen LogP contribution in [0.4, 0.5) is 5.69 Å². The van der Waals surface area contributed by atoms with Crippen LogP contribution in [0, 0.1) is 6.92 Å². The van der Waals surface area contributed by atoms with E-state index < -0.39 is 0 Å². The minimum atomic E-state index is -0.0338. The van der Waals surface area contributed by atoms with Crippen LogP contribution in [0.25, 0.3) is 6.08 Å². The van der Waals surface area contributed by atoms with Gasteiger partial charge in [-0.3, -0.25) is 9.69 Å². The molecule has 164 valence electrons. The van der Waals surface area contributed by atoms with E-state index in [-0.39, 0.29) is 11.9 Å². The number of rotatable bonds is 7. The minimum Gasteiger partial charge on any atom is -0.493 e. The first kappa shape index (κ1) is 21.4. The van der Waals surface area contributed by atoms with Crippen LogP contribution in [0.5, 0.6) is 5.75 Å². The van der Waals surface area contributed by atoms with E-state index in [1.807, 2.05) is 18.2 Å². The van der Waals surface area contributed by atoms with Crippen molar-refractivity contribution in [3.05, 3.63) is 65.2 Å². The Morgan fingerprint density at radius 2 is 2.00 bits per heavy atom. The summed E-state index contributed by atoms with van der Waals surface area (Å²) in [6, 6.07) is 15.0. The minimum absolute atomic E-state index is 0.0338. The highest BCUT2D eigenvalue weighted by Gasteiger charge is 2.18. The summed E-state index contributed by atoms with van der Waals surface area (Å²) in [7, 11) is 0. The Morgan fingerprint density at radius 3 is 2.81 bits per heavy atom. The number of nitrogens with one attached hydrogen (secondary N) is 1. The van der Waals surface area contributed by atoms with E-state index >= 15 is 0 Å². The molecule has 0 aromatic heterocycles. The van der Waals surface area contributed by atoms with Gasteiger partial charge in [0.15, 0.2) is 0 Å². The fraction of sp³-hybridized carbons (Fsp3) is 0.423. The molecule has 2 aromatic rings. The summed E-state index contributed by atoms with van der Waals surface area (Å²) < 4.78 is 5.53. The predicted molar refractivity (Wildman–Crippen MR) is 127 cm³/mol. The van der Waals surface area contributed by atoms with Crippen LogP contribution in [0.2, 0.25) is 0 Å². The fourth-order valence-electron chi connectivity index (χ4n) is 4.28. The molecule has 2 aliphatic rings. The molecule has 5 heteroatoms. The number of carbonyl (C=O) groups is 1. The van der Waals surface area contributed by atoms with Gasteiger partial charge in [0, 0.05) is 56.9 Å². The first-order valence-electron chi connectivity index (χ1n) is 11.3.